The van der Waals surface area contributed by atoms with Crippen LogP contribution in [0.4, 0.5) is 0 Å². The summed E-state index contributed by atoms with van der Waals surface area (Å²) >= 11 is 0. The van der Waals surface area contributed by atoms with E-state index in [0.29, 0.717) is 0 Å². The van der Waals surface area contributed by atoms with Gasteiger partial charge in [0.25, 0.3) is 0 Å². The zero-order chi connectivity index (χ0) is 22.1. The fraction of sp³-hybridized carbons (Fsp3) is 0.375. The highest BCUT2D eigenvalue weighted by atomic mass is 14.3. The molecule has 164 valence electrons. The van der Waals surface area contributed by atoms with Gasteiger partial charge in [0.1, 0.15) is 0 Å². The minimum absolute atomic E-state index is 0.896. The standard InChI is InChI=1S/C32H36/c1-22-11-17-29(24(3)19-22)31-10-6-9-28-20-23(2)12-18-30(28)32(31)27-15-13-26(14-16-27)21-25-7-4-5-8-25/h11-20,25H,4-10,21H2,1-3H3. The van der Waals surface area contributed by atoms with Crippen molar-refractivity contribution in [1.82, 2.24) is 0 Å². The zero-order valence-electron chi connectivity index (χ0n) is 20.0. The molecule has 0 atom stereocenters. The molecule has 0 aliphatic heterocycles. The molecule has 0 saturated heterocycles. The van der Waals surface area contributed by atoms with Crippen LogP contribution in [0.3, 0.4) is 0 Å². The van der Waals surface area contributed by atoms with E-state index in [2.05, 4.69) is 81.4 Å². The van der Waals surface area contributed by atoms with Crippen molar-refractivity contribution in [1.29, 1.82) is 0 Å². The molecule has 3 aromatic carbocycles. The number of fused-ring (bicyclic) bond motifs is 1. The molecule has 5 rings (SSSR count). The van der Waals surface area contributed by atoms with E-state index < -0.39 is 0 Å². The van der Waals surface area contributed by atoms with E-state index in [4.69, 9.17) is 0 Å². The third-order valence-corrected chi connectivity index (χ3v) is 7.65. The van der Waals surface area contributed by atoms with Crippen LogP contribution in [0.1, 0.15) is 83.0 Å². The highest BCUT2D eigenvalue weighted by molar-refractivity contribution is 6.00. The van der Waals surface area contributed by atoms with Crippen LogP contribution in [0.25, 0.3) is 11.1 Å². The Morgan fingerprint density at radius 2 is 1.38 bits per heavy atom. The van der Waals surface area contributed by atoms with Crippen molar-refractivity contribution in [3.8, 4) is 0 Å². The Kier molecular flexibility index (Phi) is 6.05. The number of aryl methyl sites for hydroxylation is 4. The van der Waals surface area contributed by atoms with Crippen LogP contribution in [-0.2, 0) is 12.8 Å². The van der Waals surface area contributed by atoms with E-state index in [1.54, 1.807) is 0 Å². The summed E-state index contributed by atoms with van der Waals surface area (Å²) < 4.78 is 0. The van der Waals surface area contributed by atoms with Crippen molar-refractivity contribution < 1.29 is 0 Å². The van der Waals surface area contributed by atoms with Gasteiger partial charge in [-0.3, -0.25) is 0 Å². The Hall–Kier alpha value is -2.60. The summed E-state index contributed by atoms with van der Waals surface area (Å²) in [7, 11) is 0. The Morgan fingerprint density at radius 3 is 2.09 bits per heavy atom. The van der Waals surface area contributed by atoms with Crippen molar-refractivity contribution in [2.24, 2.45) is 5.92 Å². The van der Waals surface area contributed by atoms with Crippen LogP contribution < -0.4 is 0 Å². The molecule has 1 saturated carbocycles. The molecule has 0 nitrogen and oxygen atoms in total. The number of hydrogen-bond acceptors (Lipinski definition) is 0. The molecule has 0 aromatic heterocycles. The first-order valence-corrected chi connectivity index (χ1v) is 12.6. The molecular weight excluding hydrogens is 384 g/mol. The Labute approximate surface area is 194 Å². The molecule has 0 amide bonds. The van der Waals surface area contributed by atoms with E-state index >= 15 is 0 Å². The maximum Gasteiger partial charge on any atom is -0.00705 e. The lowest BCUT2D eigenvalue weighted by Crippen LogP contribution is -2.00. The van der Waals surface area contributed by atoms with E-state index in [1.807, 2.05) is 0 Å². The van der Waals surface area contributed by atoms with Gasteiger partial charge >= 0.3 is 0 Å². The maximum atomic E-state index is 2.41. The fourth-order valence-electron chi connectivity index (χ4n) is 6.02. The average molecular weight is 421 g/mol. The van der Waals surface area contributed by atoms with Gasteiger partial charge in [0.2, 0.25) is 0 Å². The van der Waals surface area contributed by atoms with Crippen LogP contribution in [0.15, 0.2) is 60.7 Å². The largest absolute Gasteiger partial charge is 0.0587 e. The molecule has 3 aromatic rings. The topological polar surface area (TPSA) is 0 Å². The Bertz CT molecular complexity index is 1140. The Balaban J connectivity index is 1.63. The third-order valence-electron chi connectivity index (χ3n) is 7.65. The fourth-order valence-corrected chi connectivity index (χ4v) is 6.02. The molecule has 0 heteroatoms. The summed E-state index contributed by atoms with van der Waals surface area (Å²) in [5.41, 5.74) is 14.3. The summed E-state index contributed by atoms with van der Waals surface area (Å²) in [5.74, 6) is 0.896. The molecule has 0 N–H and O–H groups in total. The van der Waals surface area contributed by atoms with Gasteiger partial charge in [-0.2, -0.15) is 0 Å². The summed E-state index contributed by atoms with van der Waals surface area (Å²) in [6, 6.07) is 23.7. The van der Waals surface area contributed by atoms with Crippen molar-refractivity contribution in [2.45, 2.75) is 72.1 Å². The molecule has 0 bridgehead atoms. The first-order chi connectivity index (χ1) is 15.6. The second-order valence-electron chi connectivity index (χ2n) is 10.2. The van der Waals surface area contributed by atoms with Gasteiger partial charge in [-0.1, -0.05) is 97.5 Å². The minimum Gasteiger partial charge on any atom is -0.0587 e. The number of rotatable bonds is 4. The first kappa shape index (κ1) is 21.3. The number of allylic oxidation sites excluding steroid dienone is 1. The molecule has 2 aliphatic carbocycles. The van der Waals surface area contributed by atoms with E-state index in [1.165, 1.54) is 94.2 Å². The molecule has 0 radical (unpaired) electrons. The van der Waals surface area contributed by atoms with Crippen molar-refractivity contribution in [3.05, 3.63) is 105 Å². The van der Waals surface area contributed by atoms with Gasteiger partial charge in [-0.25, -0.2) is 0 Å². The highest BCUT2D eigenvalue weighted by Gasteiger charge is 2.21. The number of hydrogen-bond donors (Lipinski definition) is 0. The zero-order valence-corrected chi connectivity index (χ0v) is 20.0. The molecule has 1 fully saturated rings. The third kappa shape index (κ3) is 4.33. The van der Waals surface area contributed by atoms with Crippen LogP contribution >= 0.6 is 0 Å². The van der Waals surface area contributed by atoms with E-state index in [0.717, 1.165) is 18.8 Å². The lowest BCUT2D eigenvalue weighted by atomic mass is 9.85. The average Bonchev–Trinajstić information content (AvgIpc) is 3.21. The predicted molar refractivity (Wildman–Crippen MR) is 138 cm³/mol. The first-order valence-electron chi connectivity index (χ1n) is 12.6. The molecule has 0 unspecified atom stereocenters. The molecule has 2 aliphatic rings. The van der Waals surface area contributed by atoms with Crippen LogP contribution in [0, 0.1) is 26.7 Å². The van der Waals surface area contributed by atoms with Gasteiger partial charge < -0.3 is 0 Å². The lowest BCUT2D eigenvalue weighted by molar-refractivity contribution is 0.546. The van der Waals surface area contributed by atoms with E-state index in [9.17, 15) is 0 Å². The van der Waals surface area contributed by atoms with Crippen molar-refractivity contribution in [2.75, 3.05) is 0 Å². The second-order valence-corrected chi connectivity index (χ2v) is 10.2. The van der Waals surface area contributed by atoms with Gasteiger partial charge in [-0.05, 0) is 96.9 Å². The SMILES string of the molecule is Cc1ccc(C2=C(c3ccc(CC4CCCC4)cc3)c3ccc(C)cc3CCC2)c(C)c1. The lowest BCUT2D eigenvalue weighted by Gasteiger charge is -2.19. The summed E-state index contributed by atoms with van der Waals surface area (Å²) in [5, 5.41) is 0. The quantitative estimate of drug-likeness (QED) is 0.396. The summed E-state index contributed by atoms with van der Waals surface area (Å²) in [4.78, 5) is 0. The van der Waals surface area contributed by atoms with E-state index in [-0.39, 0.29) is 0 Å². The summed E-state index contributed by atoms with van der Waals surface area (Å²) in [6.07, 6.45) is 10.4. The predicted octanol–water partition coefficient (Wildman–Crippen LogP) is 8.64. The summed E-state index contributed by atoms with van der Waals surface area (Å²) in [6.45, 7) is 6.69. The van der Waals surface area contributed by atoms with Crippen LogP contribution in [0.2, 0.25) is 0 Å². The van der Waals surface area contributed by atoms with Gasteiger partial charge in [0.15, 0.2) is 0 Å². The molecule has 32 heavy (non-hydrogen) atoms. The van der Waals surface area contributed by atoms with Crippen LogP contribution in [-0.4, -0.2) is 0 Å². The highest BCUT2D eigenvalue weighted by Crippen LogP contribution is 2.41. The second kappa shape index (κ2) is 9.10. The molecule has 0 spiro atoms. The minimum atomic E-state index is 0.896. The monoisotopic (exact) mass is 420 g/mol. The number of benzene rings is 3. The Morgan fingerprint density at radius 1 is 0.688 bits per heavy atom. The molecule has 0 heterocycles. The van der Waals surface area contributed by atoms with Gasteiger partial charge in [0.05, 0.1) is 0 Å². The molecular formula is C32H36. The van der Waals surface area contributed by atoms with Crippen molar-refractivity contribution in [3.63, 3.8) is 0 Å². The smallest absolute Gasteiger partial charge is 0.00705 e. The van der Waals surface area contributed by atoms with Crippen LogP contribution in [0.5, 0.6) is 0 Å². The normalized spacial score (nSPS) is 16.8. The van der Waals surface area contributed by atoms with Gasteiger partial charge in [0, 0.05) is 0 Å². The van der Waals surface area contributed by atoms with Crippen molar-refractivity contribution >= 4 is 11.1 Å². The van der Waals surface area contributed by atoms with Gasteiger partial charge in [-0.15, -0.1) is 0 Å². The maximum absolute atomic E-state index is 2.41.